The summed E-state index contributed by atoms with van der Waals surface area (Å²) in [5.41, 5.74) is 4.55. The molecule has 0 spiro atoms. The van der Waals surface area contributed by atoms with Crippen molar-refractivity contribution >= 4 is 22.5 Å². The highest BCUT2D eigenvalue weighted by Gasteiger charge is 2.18. The van der Waals surface area contributed by atoms with Gasteiger partial charge in [0.25, 0.3) is 5.91 Å². The first-order chi connectivity index (χ1) is 15.5. The number of carbonyl (C=O) groups is 1. The van der Waals surface area contributed by atoms with Gasteiger partial charge in [-0.1, -0.05) is 42.0 Å². The van der Waals surface area contributed by atoms with Crippen molar-refractivity contribution in [3.05, 3.63) is 77.9 Å². The summed E-state index contributed by atoms with van der Waals surface area (Å²) in [7, 11) is 4.61. The molecule has 1 N–H and O–H groups in total. The highest BCUT2D eigenvalue weighted by Crippen LogP contribution is 2.40. The Hall–Kier alpha value is -4.06. The second kappa shape index (κ2) is 8.98. The van der Waals surface area contributed by atoms with E-state index in [0.29, 0.717) is 28.5 Å². The number of benzene rings is 3. The number of nitrogens with zero attached hydrogens (tertiary/aromatic N) is 1. The van der Waals surface area contributed by atoms with Crippen molar-refractivity contribution in [1.82, 2.24) is 4.98 Å². The zero-order valence-corrected chi connectivity index (χ0v) is 18.4. The van der Waals surface area contributed by atoms with Crippen molar-refractivity contribution in [2.75, 3.05) is 26.6 Å². The van der Waals surface area contributed by atoms with Crippen molar-refractivity contribution in [2.24, 2.45) is 0 Å². The summed E-state index contributed by atoms with van der Waals surface area (Å²) in [6.07, 6.45) is 0. The largest absolute Gasteiger partial charge is 0.493 e. The average Bonchev–Trinajstić information content (AvgIpc) is 2.83. The van der Waals surface area contributed by atoms with E-state index in [2.05, 4.69) is 5.32 Å². The van der Waals surface area contributed by atoms with Gasteiger partial charge in [-0.25, -0.2) is 4.98 Å². The van der Waals surface area contributed by atoms with E-state index in [1.54, 1.807) is 12.1 Å². The van der Waals surface area contributed by atoms with Crippen LogP contribution < -0.4 is 19.5 Å². The van der Waals surface area contributed by atoms with E-state index in [4.69, 9.17) is 19.2 Å². The van der Waals surface area contributed by atoms with Gasteiger partial charge in [-0.3, -0.25) is 4.79 Å². The van der Waals surface area contributed by atoms with Crippen LogP contribution >= 0.6 is 0 Å². The number of rotatable bonds is 6. The minimum absolute atomic E-state index is 0.255. The number of aryl methyl sites for hydroxylation is 1. The number of hydrogen-bond acceptors (Lipinski definition) is 5. The first-order valence-electron chi connectivity index (χ1n) is 10.1. The number of anilines is 1. The van der Waals surface area contributed by atoms with Gasteiger partial charge in [0, 0.05) is 28.8 Å². The van der Waals surface area contributed by atoms with Crippen LogP contribution in [0.3, 0.4) is 0 Å². The summed E-state index contributed by atoms with van der Waals surface area (Å²) < 4.78 is 16.2. The van der Waals surface area contributed by atoms with Crippen molar-refractivity contribution in [3.8, 4) is 28.5 Å². The zero-order chi connectivity index (χ0) is 22.7. The zero-order valence-electron chi connectivity index (χ0n) is 18.4. The number of nitrogens with one attached hydrogen (secondary N) is 1. The monoisotopic (exact) mass is 428 g/mol. The molecule has 1 amide bonds. The van der Waals surface area contributed by atoms with Crippen molar-refractivity contribution in [1.29, 1.82) is 0 Å². The third-order valence-electron chi connectivity index (χ3n) is 5.20. The highest BCUT2D eigenvalue weighted by atomic mass is 16.5. The molecule has 3 aromatic carbocycles. The first kappa shape index (κ1) is 21.2. The summed E-state index contributed by atoms with van der Waals surface area (Å²) in [6.45, 7) is 1.99. The summed E-state index contributed by atoms with van der Waals surface area (Å²) in [4.78, 5) is 18.2. The maximum atomic E-state index is 13.4. The maximum absolute atomic E-state index is 13.4. The van der Waals surface area contributed by atoms with Crippen LogP contribution in [0.1, 0.15) is 15.9 Å². The summed E-state index contributed by atoms with van der Waals surface area (Å²) in [5, 5.41) is 3.75. The Kier molecular flexibility index (Phi) is 5.94. The van der Waals surface area contributed by atoms with Gasteiger partial charge in [-0.2, -0.15) is 0 Å². The van der Waals surface area contributed by atoms with E-state index >= 15 is 0 Å². The quantitative estimate of drug-likeness (QED) is 0.440. The van der Waals surface area contributed by atoms with Gasteiger partial charge in [0.1, 0.15) is 0 Å². The van der Waals surface area contributed by atoms with Gasteiger partial charge in [-0.15, -0.1) is 0 Å². The molecule has 0 aliphatic heterocycles. The second-order valence-corrected chi connectivity index (χ2v) is 7.31. The fourth-order valence-corrected chi connectivity index (χ4v) is 3.64. The molecular weight excluding hydrogens is 404 g/mol. The number of hydrogen-bond donors (Lipinski definition) is 1. The van der Waals surface area contributed by atoms with Crippen LogP contribution in [0.15, 0.2) is 66.7 Å². The van der Waals surface area contributed by atoms with Crippen LogP contribution in [-0.2, 0) is 0 Å². The van der Waals surface area contributed by atoms with Gasteiger partial charge < -0.3 is 19.5 Å². The molecule has 6 nitrogen and oxygen atoms in total. The highest BCUT2D eigenvalue weighted by molar-refractivity contribution is 6.13. The van der Waals surface area contributed by atoms with E-state index < -0.39 is 0 Å². The Morgan fingerprint density at radius 2 is 1.53 bits per heavy atom. The molecule has 1 aromatic heterocycles. The number of ether oxygens (including phenoxy) is 3. The number of pyridine rings is 1. The molecular formula is C26H24N2O4. The molecule has 0 aliphatic rings. The summed E-state index contributed by atoms with van der Waals surface area (Å²) in [6, 6.07) is 20.9. The third kappa shape index (κ3) is 4.07. The van der Waals surface area contributed by atoms with Crippen LogP contribution in [0.5, 0.6) is 17.2 Å². The van der Waals surface area contributed by atoms with Crippen LogP contribution in [0.2, 0.25) is 0 Å². The summed E-state index contributed by atoms with van der Waals surface area (Å²) in [5.74, 6) is 1.13. The SMILES string of the molecule is COc1cc(NC(=O)c2cc(-c3ccccc3)nc3ccc(C)cc23)cc(OC)c1OC. The van der Waals surface area contributed by atoms with Crippen LogP contribution in [-0.4, -0.2) is 32.2 Å². The minimum Gasteiger partial charge on any atom is -0.493 e. The van der Waals surface area contributed by atoms with Gasteiger partial charge in [0.05, 0.1) is 38.1 Å². The number of methoxy groups -OCH3 is 3. The molecule has 0 aliphatic carbocycles. The lowest BCUT2D eigenvalue weighted by molar-refractivity contribution is 0.102. The third-order valence-corrected chi connectivity index (χ3v) is 5.20. The molecule has 4 aromatic rings. The smallest absolute Gasteiger partial charge is 0.256 e. The topological polar surface area (TPSA) is 69.7 Å². The van der Waals surface area contributed by atoms with Crippen LogP contribution in [0.4, 0.5) is 5.69 Å². The minimum atomic E-state index is -0.255. The summed E-state index contributed by atoms with van der Waals surface area (Å²) >= 11 is 0. The van der Waals surface area contributed by atoms with Crippen molar-refractivity contribution < 1.29 is 19.0 Å². The lowest BCUT2D eigenvalue weighted by Gasteiger charge is -2.15. The van der Waals surface area contributed by atoms with Crippen molar-refractivity contribution in [3.63, 3.8) is 0 Å². The Bertz CT molecular complexity index is 1260. The molecule has 1 heterocycles. The fourth-order valence-electron chi connectivity index (χ4n) is 3.64. The van der Waals surface area contributed by atoms with Crippen molar-refractivity contribution in [2.45, 2.75) is 6.92 Å². The average molecular weight is 428 g/mol. The number of carbonyl (C=O) groups excluding carboxylic acids is 1. The van der Waals surface area contributed by atoms with E-state index in [1.807, 2.05) is 61.5 Å². The molecule has 4 rings (SSSR count). The lowest BCUT2D eigenvalue weighted by atomic mass is 10.0. The Morgan fingerprint density at radius 3 is 2.16 bits per heavy atom. The second-order valence-electron chi connectivity index (χ2n) is 7.31. The molecule has 32 heavy (non-hydrogen) atoms. The van der Waals surface area contributed by atoms with E-state index in [9.17, 15) is 4.79 Å². The fraction of sp³-hybridized carbons (Fsp3) is 0.154. The number of fused-ring (bicyclic) bond motifs is 1. The molecule has 0 fully saturated rings. The predicted octanol–water partition coefficient (Wildman–Crippen LogP) is 5.49. The standard InChI is InChI=1S/C26H24N2O4/c1-16-10-11-21-19(12-16)20(15-22(28-21)17-8-6-5-7-9-17)26(29)27-18-13-23(30-2)25(32-4)24(14-18)31-3/h5-15H,1-4H3,(H,27,29). The van der Waals surface area contributed by atoms with E-state index in [1.165, 1.54) is 21.3 Å². The molecule has 0 atom stereocenters. The van der Waals surface area contributed by atoms with Gasteiger partial charge in [0.2, 0.25) is 5.75 Å². The molecule has 0 saturated carbocycles. The van der Waals surface area contributed by atoms with E-state index in [-0.39, 0.29) is 5.91 Å². The van der Waals surface area contributed by atoms with Crippen LogP contribution in [0.25, 0.3) is 22.2 Å². The number of amides is 1. The Labute approximate surface area is 186 Å². The normalized spacial score (nSPS) is 10.6. The predicted molar refractivity (Wildman–Crippen MR) is 126 cm³/mol. The maximum Gasteiger partial charge on any atom is 0.256 e. The Morgan fingerprint density at radius 1 is 0.844 bits per heavy atom. The van der Waals surface area contributed by atoms with Gasteiger partial charge >= 0.3 is 0 Å². The first-order valence-corrected chi connectivity index (χ1v) is 10.1. The molecule has 6 heteroatoms. The lowest BCUT2D eigenvalue weighted by Crippen LogP contribution is -2.13. The molecule has 0 saturated heterocycles. The Balaban J connectivity index is 1.80. The van der Waals surface area contributed by atoms with E-state index in [0.717, 1.165) is 27.7 Å². The molecule has 0 bridgehead atoms. The molecule has 162 valence electrons. The molecule has 0 unspecified atom stereocenters. The van der Waals surface area contributed by atoms with Gasteiger partial charge in [-0.05, 0) is 25.1 Å². The number of aromatic nitrogens is 1. The van der Waals surface area contributed by atoms with Gasteiger partial charge in [0.15, 0.2) is 11.5 Å². The van der Waals surface area contributed by atoms with Crippen LogP contribution in [0, 0.1) is 6.92 Å². The molecule has 0 radical (unpaired) electrons.